The molecule has 0 fully saturated rings. The summed E-state index contributed by atoms with van der Waals surface area (Å²) < 4.78 is 26.7. The van der Waals surface area contributed by atoms with Crippen molar-refractivity contribution in [1.82, 2.24) is 4.72 Å². The van der Waals surface area contributed by atoms with Gasteiger partial charge in [-0.2, -0.15) is 0 Å². The molecule has 0 aliphatic rings. The van der Waals surface area contributed by atoms with Gasteiger partial charge in [0.15, 0.2) is 0 Å². The van der Waals surface area contributed by atoms with Crippen LogP contribution in [-0.4, -0.2) is 20.1 Å². The van der Waals surface area contributed by atoms with Gasteiger partial charge < -0.3 is 5.11 Å². The Balaban J connectivity index is 2.61. The van der Waals surface area contributed by atoms with Crippen LogP contribution in [0.25, 0.3) is 0 Å². The molecule has 1 rings (SSSR count). The highest BCUT2D eigenvalue weighted by Gasteiger charge is 2.22. The van der Waals surface area contributed by atoms with E-state index in [0.29, 0.717) is 6.54 Å². The smallest absolute Gasteiger partial charge is 0.215 e. The average Bonchev–Trinajstić information content (AvgIpc) is 2.35. The van der Waals surface area contributed by atoms with Gasteiger partial charge >= 0.3 is 0 Å². The number of nitrogens with one attached hydrogen (secondary N) is 1. The van der Waals surface area contributed by atoms with Crippen molar-refractivity contribution < 1.29 is 13.5 Å². The molecule has 0 bridgehead atoms. The third-order valence-corrected chi connectivity index (χ3v) is 4.97. The summed E-state index contributed by atoms with van der Waals surface area (Å²) in [5, 5.41) is 8.95. The molecule has 0 radical (unpaired) electrons. The zero-order chi connectivity index (χ0) is 15.4. The molecule has 0 aromatic heterocycles. The fourth-order valence-corrected chi connectivity index (χ4v) is 2.81. The Kier molecular flexibility index (Phi) is 5.74. The summed E-state index contributed by atoms with van der Waals surface area (Å²) in [4.78, 5) is 0. The van der Waals surface area contributed by atoms with Crippen LogP contribution in [-0.2, 0) is 22.4 Å². The van der Waals surface area contributed by atoms with Gasteiger partial charge in [-0.3, -0.25) is 0 Å². The molecule has 5 heteroatoms. The van der Waals surface area contributed by atoms with Crippen molar-refractivity contribution >= 4 is 10.0 Å². The summed E-state index contributed by atoms with van der Waals surface area (Å²) in [5.74, 6) is 0.226. The largest absolute Gasteiger partial charge is 0.392 e. The third kappa shape index (κ3) is 5.61. The van der Waals surface area contributed by atoms with Crippen molar-refractivity contribution in [2.75, 3.05) is 6.54 Å². The summed E-state index contributed by atoms with van der Waals surface area (Å²) in [5.41, 5.74) is 1.57. The molecule has 1 atom stereocenters. The van der Waals surface area contributed by atoms with Gasteiger partial charge in [0.2, 0.25) is 10.0 Å². The number of hydrogen-bond acceptors (Lipinski definition) is 3. The first kappa shape index (κ1) is 17.1. The van der Waals surface area contributed by atoms with Crippen molar-refractivity contribution in [2.45, 2.75) is 40.1 Å². The van der Waals surface area contributed by atoms with Crippen LogP contribution in [0.4, 0.5) is 0 Å². The lowest BCUT2D eigenvalue weighted by Crippen LogP contribution is -2.34. The van der Waals surface area contributed by atoms with E-state index in [1.165, 1.54) is 0 Å². The van der Waals surface area contributed by atoms with Crippen LogP contribution in [0, 0.1) is 11.3 Å². The van der Waals surface area contributed by atoms with Gasteiger partial charge in [-0.1, -0.05) is 52.0 Å². The van der Waals surface area contributed by atoms with Gasteiger partial charge in [0.1, 0.15) is 0 Å². The van der Waals surface area contributed by atoms with Gasteiger partial charge in [-0.15, -0.1) is 0 Å². The van der Waals surface area contributed by atoms with E-state index < -0.39 is 10.0 Å². The number of rotatable bonds is 6. The number of hydrogen-bond donors (Lipinski definition) is 2. The van der Waals surface area contributed by atoms with Crippen LogP contribution in [0.5, 0.6) is 0 Å². The molecule has 0 amide bonds. The van der Waals surface area contributed by atoms with Crippen LogP contribution in [0.15, 0.2) is 24.3 Å². The molecule has 1 aromatic rings. The molecule has 4 nitrogen and oxygen atoms in total. The predicted octanol–water partition coefficient (Wildman–Crippen LogP) is 2.28. The maximum Gasteiger partial charge on any atom is 0.215 e. The van der Waals surface area contributed by atoms with E-state index in [1.54, 1.807) is 24.3 Å². The van der Waals surface area contributed by atoms with Crippen molar-refractivity contribution in [1.29, 1.82) is 0 Å². The van der Waals surface area contributed by atoms with E-state index in [1.807, 2.05) is 6.92 Å². The molecule has 0 aliphatic carbocycles. The Labute approximate surface area is 122 Å². The zero-order valence-electron chi connectivity index (χ0n) is 12.7. The topological polar surface area (TPSA) is 66.4 Å². The zero-order valence-corrected chi connectivity index (χ0v) is 13.5. The molecule has 0 saturated carbocycles. The highest BCUT2D eigenvalue weighted by atomic mass is 32.2. The lowest BCUT2D eigenvalue weighted by Gasteiger charge is -2.27. The van der Waals surface area contributed by atoms with E-state index >= 15 is 0 Å². The second kappa shape index (κ2) is 6.70. The lowest BCUT2D eigenvalue weighted by molar-refractivity contribution is 0.263. The second-order valence-electron chi connectivity index (χ2n) is 6.35. The monoisotopic (exact) mass is 299 g/mol. The molecule has 0 heterocycles. The summed E-state index contributed by atoms with van der Waals surface area (Å²) >= 11 is 0. The van der Waals surface area contributed by atoms with Gasteiger partial charge in [-0.05, 0) is 22.5 Å². The van der Waals surface area contributed by atoms with Crippen LogP contribution in [0.1, 0.15) is 38.8 Å². The SMILES string of the molecule is CC(CNS(=O)(=O)Cc1ccc(CO)cc1)C(C)(C)C. The molecule has 114 valence electrons. The maximum atomic E-state index is 12.0. The molecular formula is C15H25NO3S. The maximum absolute atomic E-state index is 12.0. The minimum atomic E-state index is -3.32. The van der Waals surface area contributed by atoms with Gasteiger partial charge in [0, 0.05) is 6.54 Å². The first-order chi connectivity index (χ1) is 9.14. The lowest BCUT2D eigenvalue weighted by atomic mass is 9.82. The quantitative estimate of drug-likeness (QED) is 0.847. The van der Waals surface area contributed by atoms with E-state index in [2.05, 4.69) is 25.5 Å². The highest BCUT2D eigenvalue weighted by molar-refractivity contribution is 7.88. The number of aliphatic hydroxyl groups is 1. The molecule has 1 aromatic carbocycles. The van der Waals surface area contributed by atoms with Crippen LogP contribution >= 0.6 is 0 Å². The Bertz CT molecular complexity index is 515. The molecule has 2 N–H and O–H groups in total. The standard InChI is InChI=1S/C15H25NO3S/c1-12(15(2,3)4)9-16-20(18,19)11-14-7-5-13(10-17)6-8-14/h5-8,12,16-17H,9-11H2,1-4H3. The van der Waals surface area contributed by atoms with Crippen LogP contribution in [0.2, 0.25) is 0 Å². The van der Waals surface area contributed by atoms with Gasteiger partial charge in [0.05, 0.1) is 12.4 Å². The third-order valence-electron chi connectivity index (χ3n) is 3.65. The molecule has 0 spiro atoms. The second-order valence-corrected chi connectivity index (χ2v) is 8.16. The normalized spacial score (nSPS) is 14.2. The van der Waals surface area contributed by atoms with E-state index in [4.69, 9.17) is 5.11 Å². The molecular weight excluding hydrogens is 274 g/mol. The van der Waals surface area contributed by atoms with Gasteiger partial charge in [0.25, 0.3) is 0 Å². The first-order valence-electron chi connectivity index (χ1n) is 6.80. The van der Waals surface area contributed by atoms with E-state index in [0.717, 1.165) is 11.1 Å². The average molecular weight is 299 g/mol. The van der Waals surface area contributed by atoms with Gasteiger partial charge in [-0.25, -0.2) is 13.1 Å². The Morgan fingerprint density at radius 3 is 2.10 bits per heavy atom. The van der Waals surface area contributed by atoms with E-state index in [-0.39, 0.29) is 23.7 Å². The van der Waals surface area contributed by atoms with Crippen molar-refractivity contribution in [3.63, 3.8) is 0 Å². The fraction of sp³-hybridized carbons (Fsp3) is 0.600. The first-order valence-corrected chi connectivity index (χ1v) is 8.45. The Morgan fingerprint density at radius 2 is 1.65 bits per heavy atom. The van der Waals surface area contributed by atoms with Crippen LogP contribution < -0.4 is 4.72 Å². The highest BCUT2D eigenvalue weighted by Crippen LogP contribution is 2.24. The molecule has 0 aliphatic heterocycles. The number of benzene rings is 1. The number of aliphatic hydroxyl groups excluding tert-OH is 1. The van der Waals surface area contributed by atoms with Crippen molar-refractivity contribution in [3.05, 3.63) is 35.4 Å². The van der Waals surface area contributed by atoms with Crippen LogP contribution in [0.3, 0.4) is 0 Å². The van der Waals surface area contributed by atoms with Crippen molar-refractivity contribution in [3.8, 4) is 0 Å². The molecule has 0 saturated heterocycles. The summed E-state index contributed by atoms with van der Waals surface area (Å²) in [6, 6.07) is 6.95. The predicted molar refractivity (Wildman–Crippen MR) is 81.6 cm³/mol. The van der Waals surface area contributed by atoms with Crippen molar-refractivity contribution in [2.24, 2.45) is 11.3 Å². The summed E-state index contributed by atoms with van der Waals surface area (Å²) in [6.45, 7) is 8.74. The Hall–Kier alpha value is -0.910. The molecule has 1 unspecified atom stereocenters. The number of sulfonamides is 1. The summed E-state index contributed by atoms with van der Waals surface area (Å²) in [6.07, 6.45) is 0. The summed E-state index contributed by atoms with van der Waals surface area (Å²) in [7, 11) is -3.32. The Morgan fingerprint density at radius 1 is 1.15 bits per heavy atom. The van der Waals surface area contributed by atoms with E-state index in [9.17, 15) is 8.42 Å². The fourth-order valence-electron chi connectivity index (χ4n) is 1.57. The minimum absolute atomic E-state index is 0.0322. The molecule has 20 heavy (non-hydrogen) atoms. The minimum Gasteiger partial charge on any atom is -0.392 e.